The molecule has 5 nitrogen and oxygen atoms in total. The average molecular weight is 311 g/mol. The molecular weight excluding hydrogens is 295 g/mol. The highest BCUT2D eigenvalue weighted by Gasteiger charge is 2.16. The molecule has 0 radical (unpaired) electrons. The van der Waals surface area contributed by atoms with Crippen molar-refractivity contribution in [3.05, 3.63) is 40.4 Å². The summed E-state index contributed by atoms with van der Waals surface area (Å²) in [7, 11) is 0. The van der Waals surface area contributed by atoms with E-state index in [2.05, 4.69) is 15.4 Å². The van der Waals surface area contributed by atoms with Gasteiger partial charge in [-0.2, -0.15) is 4.98 Å². The fraction of sp³-hybridized carbons (Fsp3) is 0.286. The highest BCUT2D eigenvalue weighted by Crippen LogP contribution is 2.32. The molecule has 0 saturated heterocycles. The number of rotatable bonds is 4. The number of aromatic nitrogens is 2. The predicted octanol–water partition coefficient (Wildman–Crippen LogP) is 3.78. The Labute approximate surface area is 127 Å². The van der Waals surface area contributed by atoms with E-state index in [1.807, 2.05) is 13.8 Å². The molecule has 2 aromatic rings. The monoisotopic (exact) mass is 310 g/mol. The maximum absolute atomic E-state index is 13.9. The van der Waals surface area contributed by atoms with Crippen LogP contribution in [0.15, 0.2) is 18.2 Å². The van der Waals surface area contributed by atoms with Crippen molar-refractivity contribution in [1.29, 1.82) is 0 Å². The molecule has 0 bridgehead atoms. The Morgan fingerprint density at radius 3 is 2.67 bits per heavy atom. The van der Waals surface area contributed by atoms with Gasteiger partial charge in [0.25, 0.3) is 0 Å². The average Bonchev–Trinajstić information content (AvgIpc) is 2.45. The minimum atomic E-state index is -0.634. The summed E-state index contributed by atoms with van der Waals surface area (Å²) in [6.07, 6.45) is 0. The Hall–Kier alpha value is -1.92. The molecule has 3 N–H and O–H groups in total. The second-order valence-corrected chi connectivity index (χ2v) is 5.22. The maximum Gasteiger partial charge on any atom is 0.227 e. The van der Waals surface area contributed by atoms with E-state index in [9.17, 15) is 4.39 Å². The van der Waals surface area contributed by atoms with E-state index in [1.165, 1.54) is 12.1 Å². The van der Waals surface area contributed by atoms with Crippen molar-refractivity contribution in [2.24, 2.45) is 5.84 Å². The Balaban J connectivity index is 2.48. The van der Waals surface area contributed by atoms with Gasteiger partial charge < -0.3 is 10.2 Å². The zero-order valence-electron chi connectivity index (χ0n) is 11.9. The number of nitrogens with two attached hydrogens (primary N) is 1. The number of anilines is 1. The molecule has 1 aromatic carbocycles. The van der Waals surface area contributed by atoms with Crippen molar-refractivity contribution in [3.8, 4) is 11.6 Å². The first-order chi connectivity index (χ1) is 9.93. The Bertz CT molecular complexity index is 664. The first-order valence-corrected chi connectivity index (χ1v) is 6.78. The zero-order chi connectivity index (χ0) is 15.6. The number of halogens is 2. The molecule has 0 amide bonds. The summed E-state index contributed by atoms with van der Waals surface area (Å²) in [6.45, 7) is 5.61. The van der Waals surface area contributed by atoms with E-state index in [4.69, 9.17) is 22.2 Å². The normalized spacial score (nSPS) is 10.8. The van der Waals surface area contributed by atoms with Crippen LogP contribution in [0.25, 0.3) is 0 Å². The quantitative estimate of drug-likeness (QED) is 0.664. The van der Waals surface area contributed by atoms with E-state index in [-0.39, 0.29) is 22.6 Å². The molecule has 0 aliphatic heterocycles. The molecule has 0 saturated carbocycles. The summed E-state index contributed by atoms with van der Waals surface area (Å²) in [6, 6.07) is 4.53. The molecule has 2 rings (SSSR count). The van der Waals surface area contributed by atoms with Gasteiger partial charge in [0, 0.05) is 5.92 Å². The second-order valence-electron chi connectivity index (χ2n) is 4.81. The minimum absolute atomic E-state index is 0.00183. The zero-order valence-corrected chi connectivity index (χ0v) is 12.7. The number of hydrogen-bond acceptors (Lipinski definition) is 5. The lowest BCUT2D eigenvalue weighted by atomic mass is 10.2. The van der Waals surface area contributed by atoms with Crippen molar-refractivity contribution < 1.29 is 9.13 Å². The Morgan fingerprint density at radius 1 is 1.33 bits per heavy atom. The van der Waals surface area contributed by atoms with Crippen LogP contribution in [0.2, 0.25) is 5.02 Å². The first kappa shape index (κ1) is 15.5. The summed E-state index contributed by atoms with van der Waals surface area (Å²) < 4.78 is 19.5. The summed E-state index contributed by atoms with van der Waals surface area (Å²) in [4.78, 5) is 8.59. The molecule has 1 heterocycles. The summed E-state index contributed by atoms with van der Waals surface area (Å²) in [5, 5.41) is -0.0135. The number of hydrazine groups is 1. The third kappa shape index (κ3) is 3.22. The number of hydrogen-bond donors (Lipinski definition) is 2. The van der Waals surface area contributed by atoms with Crippen molar-refractivity contribution >= 4 is 17.4 Å². The van der Waals surface area contributed by atoms with Gasteiger partial charge in [-0.1, -0.05) is 31.5 Å². The Kier molecular flexibility index (Phi) is 4.59. The molecule has 0 aliphatic carbocycles. The van der Waals surface area contributed by atoms with Crippen molar-refractivity contribution in [2.75, 3.05) is 5.43 Å². The fourth-order valence-corrected chi connectivity index (χ4v) is 1.84. The number of nitrogens with zero attached hydrogens (tertiary/aromatic N) is 2. The van der Waals surface area contributed by atoms with E-state index >= 15 is 0 Å². The molecule has 0 fully saturated rings. The van der Waals surface area contributed by atoms with Crippen LogP contribution in [-0.2, 0) is 0 Å². The van der Waals surface area contributed by atoms with Gasteiger partial charge in [0.1, 0.15) is 5.82 Å². The highest BCUT2D eigenvalue weighted by atomic mass is 35.5. The van der Waals surface area contributed by atoms with Crippen molar-refractivity contribution in [3.63, 3.8) is 0 Å². The third-order valence-corrected chi connectivity index (χ3v) is 3.19. The van der Waals surface area contributed by atoms with Crippen LogP contribution in [0, 0.1) is 12.7 Å². The maximum atomic E-state index is 13.9. The number of nitrogens with one attached hydrogen (secondary N) is 1. The van der Waals surface area contributed by atoms with Gasteiger partial charge in [-0.25, -0.2) is 15.2 Å². The number of benzene rings is 1. The van der Waals surface area contributed by atoms with Crippen LogP contribution in [0.4, 0.5) is 10.2 Å². The van der Waals surface area contributed by atoms with Gasteiger partial charge in [-0.3, -0.25) is 0 Å². The van der Waals surface area contributed by atoms with Gasteiger partial charge in [0.05, 0.1) is 10.6 Å². The second kappa shape index (κ2) is 6.24. The van der Waals surface area contributed by atoms with Crippen LogP contribution in [0.3, 0.4) is 0 Å². The molecule has 112 valence electrons. The van der Waals surface area contributed by atoms with E-state index in [0.717, 1.165) is 0 Å². The highest BCUT2D eigenvalue weighted by molar-refractivity contribution is 6.30. The van der Waals surface area contributed by atoms with E-state index in [1.54, 1.807) is 13.0 Å². The van der Waals surface area contributed by atoms with Crippen LogP contribution in [-0.4, -0.2) is 9.97 Å². The molecule has 21 heavy (non-hydrogen) atoms. The summed E-state index contributed by atoms with van der Waals surface area (Å²) in [5.41, 5.74) is 3.08. The lowest BCUT2D eigenvalue weighted by molar-refractivity contribution is 0.420. The molecule has 1 aromatic heterocycles. The third-order valence-electron chi connectivity index (χ3n) is 2.89. The van der Waals surface area contributed by atoms with Crippen LogP contribution in [0.5, 0.6) is 11.6 Å². The standard InChI is InChI=1S/C14H16ClFN4O/c1-7(2)12-18-13(20-17)8(3)14(19-12)21-10-6-4-5-9(15)11(10)16/h4-7H,17H2,1-3H3,(H,18,19,20). The number of nitrogen functional groups attached to an aromatic ring is 1. The van der Waals surface area contributed by atoms with Gasteiger partial charge in [0.15, 0.2) is 17.4 Å². The molecule has 0 unspecified atom stereocenters. The Morgan fingerprint density at radius 2 is 2.05 bits per heavy atom. The van der Waals surface area contributed by atoms with Crippen molar-refractivity contribution in [2.45, 2.75) is 26.7 Å². The van der Waals surface area contributed by atoms with E-state index < -0.39 is 5.82 Å². The topological polar surface area (TPSA) is 73.1 Å². The lowest BCUT2D eigenvalue weighted by Crippen LogP contribution is -2.13. The van der Waals surface area contributed by atoms with Crippen LogP contribution < -0.4 is 16.0 Å². The first-order valence-electron chi connectivity index (χ1n) is 6.41. The minimum Gasteiger partial charge on any atom is -0.435 e. The molecule has 0 atom stereocenters. The molecule has 7 heteroatoms. The van der Waals surface area contributed by atoms with Crippen LogP contribution >= 0.6 is 11.6 Å². The molecule has 0 spiro atoms. The van der Waals surface area contributed by atoms with Gasteiger partial charge in [-0.05, 0) is 19.1 Å². The number of ether oxygens (including phenoxy) is 1. The predicted molar refractivity (Wildman–Crippen MR) is 80.2 cm³/mol. The van der Waals surface area contributed by atoms with Gasteiger partial charge in [-0.15, -0.1) is 0 Å². The summed E-state index contributed by atoms with van der Waals surface area (Å²) >= 11 is 5.74. The van der Waals surface area contributed by atoms with Gasteiger partial charge >= 0.3 is 0 Å². The van der Waals surface area contributed by atoms with E-state index in [0.29, 0.717) is 17.2 Å². The lowest BCUT2D eigenvalue weighted by Gasteiger charge is -2.14. The van der Waals surface area contributed by atoms with Crippen molar-refractivity contribution in [1.82, 2.24) is 9.97 Å². The summed E-state index contributed by atoms with van der Waals surface area (Å²) in [5.74, 6) is 6.11. The molecule has 0 aliphatic rings. The smallest absolute Gasteiger partial charge is 0.227 e. The molecular formula is C14H16ClFN4O. The fourth-order valence-electron chi connectivity index (χ4n) is 1.68. The SMILES string of the molecule is Cc1c(NN)nc(C(C)C)nc1Oc1cccc(Cl)c1F. The van der Waals surface area contributed by atoms with Gasteiger partial charge in [0.2, 0.25) is 5.88 Å². The van der Waals surface area contributed by atoms with Crippen LogP contribution in [0.1, 0.15) is 31.2 Å². The largest absolute Gasteiger partial charge is 0.435 e.